The summed E-state index contributed by atoms with van der Waals surface area (Å²) in [4.78, 5) is 36.7. The molecular weight excluding hydrogens is 716 g/mol. The lowest BCUT2D eigenvalue weighted by molar-refractivity contribution is -0.298. The molecule has 1 aliphatic rings. The number of carbonyl (C=O) groups excluding carboxylic acids is 2. The monoisotopic (exact) mass is 801 g/mol. The van der Waals surface area contributed by atoms with Crippen LogP contribution in [-0.2, 0) is 33.3 Å². The molecule has 1 heterocycles. The van der Waals surface area contributed by atoms with Crippen LogP contribution < -0.4 is 0 Å². The predicted molar refractivity (Wildman–Crippen MR) is 220 cm³/mol. The standard InChI is InChI=1S/C45H84O11/c1-3-5-7-9-11-13-14-15-16-17-18-19-20-21-22-23-24-26-27-29-31-33-38(46)53-35-37(55-39(47)34-32-30-28-25-12-10-8-6-4-2)36-54-45-42(50)40(48)41(49)43(56-45)44(51)52/h37,40-43,45,48-50H,3-36H2,1-2H3,(H,51,52). The Bertz CT molecular complexity index is 947. The van der Waals surface area contributed by atoms with Gasteiger partial charge in [0.25, 0.3) is 0 Å². The molecule has 0 aliphatic carbocycles. The maximum absolute atomic E-state index is 12.7. The molecule has 11 nitrogen and oxygen atoms in total. The average Bonchev–Trinajstić information content (AvgIpc) is 3.18. The molecule has 1 aliphatic heterocycles. The molecule has 0 saturated carbocycles. The topological polar surface area (TPSA) is 169 Å². The Hall–Kier alpha value is -1.79. The highest BCUT2D eigenvalue weighted by atomic mass is 16.7. The first-order valence-electron chi connectivity index (χ1n) is 23.1. The van der Waals surface area contributed by atoms with Gasteiger partial charge < -0.3 is 39.4 Å². The number of aliphatic hydroxyl groups is 3. The summed E-state index contributed by atoms with van der Waals surface area (Å²) in [6.07, 6.45) is 27.5. The lowest BCUT2D eigenvalue weighted by atomic mass is 9.99. The smallest absolute Gasteiger partial charge is 0.335 e. The van der Waals surface area contributed by atoms with Crippen molar-refractivity contribution in [2.24, 2.45) is 0 Å². The van der Waals surface area contributed by atoms with E-state index >= 15 is 0 Å². The molecule has 0 amide bonds. The van der Waals surface area contributed by atoms with Gasteiger partial charge in [0.1, 0.15) is 24.9 Å². The third-order valence-corrected chi connectivity index (χ3v) is 11.0. The number of carboxylic acid groups (broad SMARTS) is 1. The van der Waals surface area contributed by atoms with Gasteiger partial charge in [-0.3, -0.25) is 9.59 Å². The Balaban J connectivity index is 2.25. The van der Waals surface area contributed by atoms with Gasteiger partial charge in [-0.05, 0) is 12.8 Å². The molecule has 11 heteroatoms. The van der Waals surface area contributed by atoms with E-state index in [0.29, 0.717) is 12.8 Å². The zero-order valence-corrected chi connectivity index (χ0v) is 35.7. The van der Waals surface area contributed by atoms with Crippen LogP contribution in [0.4, 0.5) is 0 Å². The number of carboxylic acids is 1. The number of hydrogen-bond donors (Lipinski definition) is 4. The molecule has 1 saturated heterocycles. The van der Waals surface area contributed by atoms with Crippen LogP contribution in [-0.4, -0.2) is 88.4 Å². The van der Waals surface area contributed by atoms with Crippen molar-refractivity contribution in [2.75, 3.05) is 13.2 Å². The van der Waals surface area contributed by atoms with E-state index in [9.17, 15) is 34.8 Å². The largest absolute Gasteiger partial charge is 0.479 e. The number of ether oxygens (including phenoxy) is 4. The van der Waals surface area contributed by atoms with Crippen molar-refractivity contribution in [1.29, 1.82) is 0 Å². The van der Waals surface area contributed by atoms with Gasteiger partial charge in [0.05, 0.1) is 6.61 Å². The van der Waals surface area contributed by atoms with Crippen LogP contribution >= 0.6 is 0 Å². The van der Waals surface area contributed by atoms with Crippen molar-refractivity contribution in [3.8, 4) is 0 Å². The summed E-state index contributed by atoms with van der Waals surface area (Å²) in [6, 6.07) is 0. The Morgan fingerprint density at radius 3 is 1.21 bits per heavy atom. The summed E-state index contributed by atoms with van der Waals surface area (Å²) in [5, 5.41) is 39.7. The Labute approximate surface area is 340 Å². The zero-order valence-electron chi connectivity index (χ0n) is 35.7. The van der Waals surface area contributed by atoms with Crippen molar-refractivity contribution in [2.45, 2.75) is 256 Å². The molecular formula is C45H84O11. The van der Waals surface area contributed by atoms with Crippen molar-refractivity contribution < 1.29 is 53.8 Å². The molecule has 0 aromatic rings. The number of aliphatic carboxylic acids is 1. The Morgan fingerprint density at radius 1 is 0.482 bits per heavy atom. The van der Waals surface area contributed by atoms with Gasteiger partial charge in [-0.15, -0.1) is 0 Å². The number of aliphatic hydroxyl groups excluding tert-OH is 3. The van der Waals surface area contributed by atoms with E-state index in [1.807, 2.05) is 0 Å². The minimum absolute atomic E-state index is 0.189. The summed E-state index contributed by atoms with van der Waals surface area (Å²) in [7, 11) is 0. The van der Waals surface area contributed by atoms with E-state index in [0.717, 1.165) is 38.5 Å². The van der Waals surface area contributed by atoms with Crippen LogP contribution in [0.1, 0.15) is 219 Å². The highest BCUT2D eigenvalue weighted by Gasteiger charge is 2.47. The summed E-state index contributed by atoms with van der Waals surface area (Å²) >= 11 is 0. The second kappa shape index (κ2) is 36.3. The lowest BCUT2D eigenvalue weighted by Crippen LogP contribution is -2.60. The quantitative estimate of drug-likeness (QED) is 0.0345. The summed E-state index contributed by atoms with van der Waals surface area (Å²) in [5.74, 6) is -2.43. The fourth-order valence-electron chi connectivity index (χ4n) is 7.29. The summed E-state index contributed by atoms with van der Waals surface area (Å²) in [6.45, 7) is 3.81. The average molecular weight is 801 g/mol. The van der Waals surface area contributed by atoms with Crippen LogP contribution in [0.5, 0.6) is 0 Å². The highest BCUT2D eigenvalue weighted by Crippen LogP contribution is 2.23. The van der Waals surface area contributed by atoms with E-state index in [4.69, 9.17) is 18.9 Å². The molecule has 0 radical (unpaired) electrons. The molecule has 0 bridgehead atoms. The van der Waals surface area contributed by atoms with Gasteiger partial charge in [0, 0.05) is 12.8 Å². The number of esters is 2. The third kappa shape index (κ3) is 27.8. The second-order valence-electron chi connectivity index (χ2n) is 16.3. The SMILES string of the molecule is CCCCCCCCCCCCCCCCCCCCCCCC(=O)OCC(COC1OC(C(=O)O)C(O)C(O)C1O)OC(=O)CCCCCCCCCCC. The third-order valence-electron chi connectivity index (χ3n) is 11.0. The molecule has 0 spiro atoms. The van der Waals surface area contributed by atoms with Gasteiger partial charge >= 0.3 is 17.9 Å². The van der Waals surface area contributed by atoms with Gasteiger partial charge in [-0.25, -0.2) is 4.79 Å². The molecule has 6 unspecified atom stereocenters. The first-order chi connectivity index (χ1) is 27.2. The molecule has 330 valence electrons. The maximum atomic E-state index is 12.7. The van der Waals surface area contributed by atoms with E-state index in [-0.39, 0.29) is 26.1 Å². The van der Waals surface area contributed by atoms with E-state index < -0.39 is 54.7 Å². The van der Waals surface area contributed by atoms with Crippen molar-refractivity contribution in [3.05, 3.63) is 0 Å². The Kier molecular flexibility index (Phi) is 33.9. The summed E-state index contributed by atoms with van der Waals surface area (Å²) in [5.41, 5.74) is 0. The fraction of sp³-hybridized carbons (Fsp3) is 0.933. The van der Waals surface area contributed by atoms with Gasteiger partial charge in [-0.1, -0.05) is 194 Å². The van der Waals surface area contributed by atoms with E-state index in [1.54, 1.807) is 0 Å². The van der Waals surface area contributed by atoms with Crippen molar-refractivity contribution >= 4 is 17.9 Å². The number of unbranched alkanes of at least 4 members (excludes halogenated alkanes) is 28. The fourth-order valence-corrected chi connectivity index (χ4v) is 7.29. The van der Waals surface area contributed by atoms with Crippen LogP contribution in [0, 0.1) is 0 Å². The van der Waals surface area contributed by atoms with E-state index in [1.165, 1.54) is 141 Å². The zero-order chi connectivity index (χ0) is 41.1. The summed E-state index contributed by atoms with van der Waals surface area (Å²) < 4.78 is 21.7. The number of rotatable bonds is 39. The highest BCUT2D eigenvalue weighted by molar-refractivity contribution is 5.73. The van der Waals surface area contributed by atoms with Gasteiger partial charge in [0.2, 0.25) is 0 Å². The minimum atomic E-state index is -1.85. The predicted octanol–water partition coefficient (Wildman–Crippen LogP) is 9.87. The van der Waals surface area contributed by atoms with Crippen LogP contribution in [0.25, 0.3) is 0 Å². The molecule has 6 atom stereocenters. The van der Waals surface area contributed by atoms with Gasteiger partial charge in [0.15, 0.2) is 18.5 Å². The molecule has 0 aromatic carbocycles. The van der Waals surface area contributed by atoms with Crippen molar-refractivity contribution in [1.82, 2.24) is 0 Å². The normalized spacial score (nSPS) is 20.2. The second-order valence-corrected chi connectivity index (χ2v) is 16.3. The molecule has 56 heavy (non-hydrogen) atoms. The van der Waals surface area contributed by atoms with Crippen LogP contribution in [0.15, 0.2) is 0 Å². The van der Waals surface area contributed by atoms with Crippen LogP contribution in [0.2, 0.25) is 0 Å². The first-order valence-corrected chi connectivity index (χ1v) is 23.1. The molecule has 1 fully saturated rings. The van der Waals surface area contributed by atoms with Gasteiger partial charge in [-0.2, -0.15) is 0 Å². The molecule has 0 aromatic heterocycles. The van der Waals surface area contributed by atoms with E-state index in [2.05, 4.69) is 13.8 Å². The first kappa shape index (κ1) is 52.2. The number of carbonyl (C=O) groups is 3. The number of hydrogen-bond acceptors (Lipinski definition) is 10. The Morgan fingerprint density at radius 2 is 0.839 bits per heavy atom. The van der Waals surface area contributed by atoms with Crippen LogP contribution in [0.3, 0.4) is 0 Å². The lowest BCUT2D eigenvalue weighted by Gasteiger charge is -2.38. The molecule has 1 rings (SSSR count). The molecule has 4 N–H and O–H groups in total. The maximum Gasteiger partial charge on any atom is 0.335 e. The van der Waals surface area contributed by atoms with Crippen molar-refractivity contribution in [3.63, 3.8) is 0 Å². The minimum Gasteiger partial charge on any atom is -0.479 e.